The average molecular weight is 250 g/mol. The lowest BCUT2D eigenvalue weighted by atomic mass is 10.3. The Labute approximate surface area is 107 Å². The lowest BCUT2D eigenvalue weighted by molar-refractivity contribution is 0.174. The smallest absolute Gasteiger partial charge is 0.321 e. The molecule has 98 valence electrons. The number of urea groups is 1. The molecular weight excluding hydrogens is 232 g/mol. The second-order valence-electron chi connectivity index (χ2n) is 4.27. The van der Waals surface area contributed by atoms with E-state index in [-0.39, 0.29) is 12.8 Å². The predicted molar refractivity (Wildman–Crippen MR) is 69.1 cm³/mol. The van der Waals surface area contributed by atoms with Gasteiger partial charge in [-0.2, -0.15) is 0 Å². The van der Waals surface area contributed by atoms with Crippen molar-refractivity contribution in [2.75, 3.05) is 25.7 Å². The van der Waals surface area contributed by atoms with E-state index in [1.807, 2.05) is 0 Å². The fourth-order valence-electron chi connectivity index (χ4n) is 1.69. The van der Waals surface area contributed by atoms with Gasteiger partial charge in [-0.15, -0.1) is 0 Å². The summed E-state index contributed by atoms with van der Waals surface area (Å²) >= 11 is 0. The number of nitrogens with zero attached hydrogens (tertiary/aromatic N) is 1. The molecule has 0 atom stereocenters. The Balaban J connectivity index is 1.94. The van der Waals surface area contributed by atoms with Gasteiger partial charge in [0, 0.05) is 25.3 Å². The van der Waals surface area contributed by atoms with Crippen LogP contribution in [0.4, 0.5) is 10.5 Å². The third kappa shape index (κ3) is 2.85. The third-order valence-electron chi connectivity index (χ3n) is 2.82. The van der Waals surface area contributed by atoms with Gasteiger partial charge in [0.05, 0.1) is 0 Å². The minimum absolute atomic E-state index is 0.109. The fourth-order valence-corrected chi connectivity index (χ4v) is 1.69. The molecule has 5 nitrogen and oxygen atoms in total. The molecule has 0 saturated heterocycles. The number of ether oxygens (including phenoxy) is 2. The summed E-state index contributed by atoms with van der Waals surface area (Å²) in [6.07, 6.45) is 2.08. The molecule has 0 spiro atoms. The molecule has 0 radical (unpaired) electrons. The van der Waals surface area contributed by atoms with Crippen LogP contribution in [0.5, 0.6) is 11.5 Å². The van der Waals surface area contributed by atoms with Crippen molar-refractivity contribution in [3.63, 3.8) is 0 Å². The van der Waals surface area contributed by atoms with Crippen molar-refractivity contribution in [3.05, 3.63) is 18.2 Å². The van der Waals surface area contributed by atoms with Crippen LogP contribution in [0.25, 0.3) is 0 Å². The molecule has 0 aromatic heterocycles. The highest BCUT2D eigenvalue weighted by atomic mass is 16.7. The van der Waals surface area contributed by atoms with Gasteiger partial charge in [0.1, 0.15) is 0 Å². The number of fused-ring (bicyclic) bond motifs is 1. The van der Waals surface area contributed by atoms with Crippen LogP contribution in [-0.2, 0) is 0 Å². The number of benzene rings is 1. The van der Waals surface area contributed by atoms with Crippen LogP contribution in [0.1, 0.15) is 19.8 Å². The van der Waals surface area contributed by atoms with Crippen molar-refractivity contribution in [2.45, 2.75) is 19.8 Å². The number of rotatable bonds is 4. The Morgan fingerprint density at radius 3 is 2.94 bits per heavy atom. The minimum Gasteiger partial charge on any atom is -0.454 e. The largest absolute Gasteiger partial charge is 0.454 e. The van der Waals surface area contributed by atoms with Crippen molar-refractivity contribution in [2.24, 2.45) is 0 Å². The maximum absolute atomic E-state index is 11.9. The van der Waals surface area contributed by atoms with Gasteiger partial charge in [-0.05, 0) is 18.6 Å². The molecule has 0 aliphatic carbocycles. The monoisotopic (exact) mass is 250 g/mol. The molecule has 0 unspecified atom stereocenters. The molecule has 0 saturated carbocycles. The van der Waals surface area contributed by atoms with E-state index in [2.05, 4.69) is 12.2 Å². The number of carbonyl (C=O) groups excluding carboxylic acids is 1. The van der Waals surface area contributed by atoms with Crippen LogP contribution in [0.3, 0.4) is 0 Å². The molecule has 0 bridgehead atoms. The van der Waals surface area contributed by atoms with Crippen molar-refractivity contribution in [1.82, 2.24) is 4.90 Å². The summed E-state index contributed by atoms with van der Waals surface area (Å²) in [5.74, 6) is 1.39. The lowest BCUT2D eigenvalue weighted by Gasteiger charge is -2.17. The van der Waals surface area contributed by atoms with Crippen LogP contribution >= 0.6 is 0 Å². The van der Waals surface area contributed by atoms with Gasteiger partial charge in [-0.3, -0.25) is 0 Å². The number of amides is 2. The Morgan fingerprint density at radius 2 is 2.17 bits per heavy atom. The van der Waals surface area contributed by atoms with Crippen LogP contribution in [0, 0.1) is 0 Å². The molecular formula is C13H18N2O3. The molecule has 1 aliphatic rings. The molecule has 1 N–H and O–H groups in total. The summed E-state index contributed by atoms with van der Waals surface area (Å²) in [5.41, 5.74) is 0.715. The van der Waals surface area contributed by atoms with Crippen LogP contribution in [-0.4, -0.2) is 31.3 Å². The average Bonchev–Trinajstić information content (AvgIpc) is 2.83. The Kier molecular flexibility index (Phi) is 3.92. The normalized spacial score (nSPS) is 12.3. The van der Waals surface area contributed by atoms with Crippen LogP contribution in [0.2, 0.25) is 0 Å². The zero-order valence-electron chi connectivity index (χ0n) is 10.7. The molecule has 0 fully saturated rings. The van der Waals surface area contributed by atoms with E-state index in [4.69, 9.17) is 9.47 Å². The van der Waals surface area contributed by atoms with E-state index >= 15 is 0 Å². The first-order valence-corrected chi connectivity index (χ1v) is 6.12. The second-order valence-corrected chi connectivity index (χ2v) is 4.27. The fraction of sp³-hybridized carbons (Fsp3) is 0.462. The summed E-state index contributed by atoms with van der Waals surface area (Å²) < 4.78 is 10.5. The first-order valence-electron chi connectivity index (χ1n) is 6.12. The molecule has 2 amide bonds. The topological polar surface area (TPSA) is 50.8 Å². The summed E-state index contributed by atoms with van der Waals surface area (Å²) in [6.45, 7) is 3.10. The lowest BCUT2D eigenvalue weighted by Crippen LogP contribution is -2.32. The number of nitrogens with one attached hydrogen (secondary N) is 1. The van der Waals surface area contributed by atoms with E-state index < -0.39 is 0 Å². The predicted octanol–water partition coefficient (Wildman–Crippen LogP) is 2.68. The highest BCUT2D eigenvalue weighted by molar-refractivity contribution is 5.89. The summed E-state index contributed by atoms with van der Waals surface area (Å²) in [7, 11) is 1.79. The first-order chi connectivity index (χ1) is 8.70. The van der Waals surface area contributed by atoms with Gasteiger partial charge in [-0.1, -0.05) is 13.3 Å². The van der Waals surface area contributed by atoms with Gasteiger partial charge in [0.25, 0.3) is 0 Å². The van der Waals surface area contributed by atoms with E-state index in [1.165, 1.54) is 0 Å². The highest BCUT2D eigenvalue weighted by Gasteiger charge is 2.15. The standard InChI is InChI=1S/C13H18N2O3/c1-3-4-7-15(2)13(16)14-10-5-6-11-12(8-10)18-9-17-11/h5-6,8H,3-4,7,9H2,1-2H3,(H,14,16). The number of anilines is 1. The highest BCUT2D eigenvalue weighted by Crippen LogP contribution is 2.34. The zero-order valence-corrected chi connectivity index (χ0v) is 10.7. The van der Waals surface area contributed by atoms with Crippen molar-refractivity contribution in [3.8, 4) is 11.5 Å². The molecule has 1 heterocycles. The maximum atomic E-state index is 11.9. The van der Waals surface area contributed by atoms with Gasteiger partial charge < -0.3 is 19.7 Å². The van der Waals surface area contributed by atoms with E-state index in [9.17, 15) is 4.79 Å². The van der Waals surface area contributed by atoms with Crippen LogP contribution < -0.4 is 14.8 Å². The first kappa shape index (κ1) is 12.5. The third-order valence-corrected chi connectivity index (χ3v) is 2.82. The molecule has 1 aromatic carbocycles. The molecule has 5 heteroatoms. The Bertz CT molecular complexity index is 434. The summed E-state index contributed by atoms with van der Waals surface area (Å²) in [5, 5.41) is 2.83. The molecule has 1 aliphatic heterocycles. The Hall–Kier alpha value is -1.91. The molecule has 2 rings (SSSR count). The van der Waals surface area contributed by atoms with E-state index in [1.54, 1.807) is 30.1 Å². The number of unbranched alkanes of at least 4 members (excludes halogenated alkanes) is 1. The van der Waals surface area contributed by atoms with Gasteiger partial charge >= 0.3 is 6.03 Å². The quantitative estimate of drug-likeness (QED) is 0.893. The summed E-state index contributed by atoms with van der Waals surface area (Å²) in [4.78, 5) is 13.5. The van der Waals surface area contributed by atoms with E-state index in [0.717, 1.165) is 19.4 Å². The number of hydrogen-bond acceptors (Lipinski definition) is 3. The van der Waals surface area contributed by atoms with Gasteiger partial charge in [0.15, 0.2) is 11.5 Å². The van der Waals surface area contributed by atoms with Gasteiger partial charge in [0.2, 0.25) is 6.79 Å². The van der Waals surface area contributed by atoms with Crippen molar-refractivity contribution in [1.29, 1.82) is 0 Å². The molecule has 1 aromatic rings. The van der Waals surface area contributed by atoms with Crippen molar-refractivity contribution < 1.29 is 14.3 Å². The number of carbonyl (C=O) groups is 1. The van der Waals surface area contributed by atoms with Crippen LogP contribution in [0.15, 0.2) is 18.2 Å². The van der Waals surface area contributed by atoms with Crippen molar-refractivity contribution >= 4 is 11.7 Å². The Morgan fingerprint density at radius 1 is 1.39 bits per heavy atom. The molecule has 18 heavy (non-hydrogen) atoms. The second kappa shape index (κ2) is 5.62. The summed E-state index contributed by atoms with van der Waals surface area (Å²) in [6, 6.07) is 5.26. The SMILES string of the molecule is CCCCN(C)C(=O)Nc1ccc2c(c1)OCO2. The van der Waals surface area contributed by atoms with E-state index in [0.29, 0.717) is 17.2 Å². The number of hydrogen-bond donors (Lipinski definition) is 1. The minimum atomic E-state index is -0.109. The zero-order chi connectivity index (χ0) is 13.0. The maximum Gasteiger partial charge on any atom is 0.321 e. The van der Waals surface area contributed by atoms with Gasteiger partial charge in [-0.25, -0.2) is 4.79 Å².